The van der Waals surface area contributed by atoms with Gasteiger partial charge in [-0.2, -0.15) is 0 Å². The Morgan fingerprint density at radius 1 is 0.455 bits per heavy atom. The SMILES string of the molecule is NC1=C(N)C(=O)C(c2c(N)c(N)c(N)c(N)c2N)=C(N)C1=O. The van der Waals surface area contributed by atoms with E-state index >= 15 is 0 Å². The van der Waals surface area contributed by atoms with E-state index in [4.69, 9.17) is 45.9 Å². The van der Waals surface area contributed by atoms with Crippen molar-refractivity contribution in [2.24, 2.45) is 17.2 Å². The summed E-state index contributed by atoms with van der Waals surface area (Å²) >= 11 is 0. The Balaban J connectivity index is 2.89. The van der Waals surface area contributed by atoms with Crippen LogP contribution in [0.2, 0.25) is 0 Å². The van der Waals surface area contributed by atoms with Crippen LogP contribution in [0, 0.1) is 0 Å². The van der Waals surface area contributed by atoms with Crippen LogP contribution in [0.5, 0.6) is 0 Å². The second-order valence-corrected chi connectivity index (χ2v) is 4.72. The molecule has 2 rings (SSSR count). The maximum Gasteiger partial charge on any atom is 0.227 e. The first-order valence-corrected chi connectivity index (χ1v) is 5.97. The fourth-order valence-electron chi connectivity index (χ4n) is 2.13. The molecular formula is C12H16N8O2. The normalized spacial score (nSPS) is 15.6. The molecule has 0 atom stereocenters. The second kappa shape index (κ2) is 4.48. The predicted molar refractivity (Wildman–Crippen MR) is 85.0 cm³/mol. The lowest BCUT2D eigenvalue weighted by molar-refractivity contribution is -0.115. The molecular weight excluding hydrogens is 288 g/mol. The molecule has 0 aliphatic heterocycles. The lowest BCUT2D eigenvalue weighted by Gasteiger charge is -2.22. The summed E-state index contributed by atoms with van der Waals surface area (Å²) in [6, 6.07) is 0. The van der Waals surface area contributed by atoms with E-state index in [1.807, 2.05) is 0 Å². The van der Waals surface area contributed by atoms with Gasteiger partial charge in [0, 0.05) is 5.56 Å². The first-order valence-electron chi connectivity index (χ1n) is 5.97. The van der Waals surface area contributed by atoms with Crippen LogP contribution in [0.15, 0.2) is 17.1 Å². The average Bonchev–Trinajstić information content (AvgIpc) is 2.50. The summed E-state index contributed by atoms with van der Waals surface area (Å²) in [5, 5.41) is 0. The molecule has 116 valence electrons. The third kappa shape index (κ3) is 1.67. The number of rotatable bonds is 1. The highest BCUT2D eigenvalue weighted by Gasteiger charge is 2.34. The van der Waals surface area contributed by atoms with Gasteiger partial charge in [-0.3, -0.25) is 9.59 Å². The van der Waals surface area contributed by atoms with Gasteiger partial charge in [-0.25, -0.2) is 0 Å². The lowest BCUT2D eigenvalue weighted by Crippen LogP contribution is -2.34. The van der Waals surface area contributed by atoms with E-state index in [0.717, 1.165) is 0 Å². The molecule has 0 radical (unpaired) electrons. The summed E-state index contributed by atoms with van der Waals surface area (Å²) in [6.07, 6.45) is 0. The molecule has 10 heteroatoms. The van der Waals surface area contributed by atoms with Crippen LogP contribution in [-0.2, 0) is 9.59 Å². The van der Waals surface area contributed by atoms with Crippen LogP contribution >= 0.6 is 0 Å². The number of ketones is 2. The standard InChI is InChI=1S/C12H16N8O2/c13-3-1(4(14)7(17)8(18)6(3)16)2-5(15)12(22)10(20)9(19)11(2)21/h13-20H2. The molecule has 0 unspecified atom stereocenters. The van der Waals surface area contributed by atoms with Crippen molar-refractivity contribution < 1.29 is 9.59 Å². The molecule has 1 aliphatic rings. The zero-order valence-electron chi connectivity index (χ0n) is 11.4. The quantitative estimate of drug-likeness (QED) is 0.201. The molecule has 0 bridgehead atoms. The number of nitrogens with two attached hydrogens (primary N) is 8. The van der Waals surface area contributed by atoms with Crippen LogP contribution in [0.3, 0.4) is 0 Å². The van der Waals surface area contributed by atoms with Crippen molar-refractivity contribution in [3.63, 3.8) is 0 Å². The Morgan fingerprint density at radius 2 is 0.818 bits per heavy atom. The molecule has 0 heterocycles. The molecule has 0 saturated heterocycles. The fourth-order valence-corrected chi connectivity index (χ4v) is 2.13. The third-order valence-corrected chi connectivity index (χ3v) is 3.47. The Labute approximate surface area is 124 Å². The van der Waals surface area contributed by atoms with Crippen molar-refractivity contribution in [3.8, 4) is 0 Å². The van der Waals surface area contributed by atoms with Crippen molar-refractivity contribution in [2.75, 3.05) is 28.7 Å². The first-order chi connectivity index (χ1) is 10.1. The largest absolute Gasteiger partial charge is 0.396 e. The van der Waals surface area contributed by atoms with Gasteiger partial charge < -0.3 is 45.9 Å². The van der Waals surface area contributed by atoms with Gasteiger partial charge in [-0.05, 0) is 0 Å². The predicted octanol–water partition coefficient (Wildman–Crippen LogP) is -2.45. The number of carbonyl (C=O) groups is 2. The van der Waals surface area contributed by atoms with Crippen molar-refractivity contribution in [1.29, 1.82) is 0 Å². The smallest absolute Gasteiger partial charge is 0.227 e. The van der Waals surface area contributed by atoms with E-state index in [1.54, 1.807) is 0 Å². The van der Waals surface area contributed by atoms with Gasteiger partial charge in [-0.1, -0.05) is 0 Å². The minimum Gasteiger partial charge on any atom is -0.396 e. The number of hydrogen-bond donors (Lipinski definition) is 8. The topological polar surface area (TPSA) is 242 Å². The summed E-state index contributed by atoms with van der Waals surface area (Å²) in [4.78, 5) is 24.3. The van der Waals surface area contributed by atoms with Crippen LogP contribution in [-0.4, -0.2) is 11.6 Å². The number of hydrogen-bond acceptors (Lipinski definition) is 10. The summed E-state index contributed by atoms with van der Waals surface area (Å²) < 4.78 is 0. The minimum atomic E-state index is -0.806. The molecule has 1 aromatic rings. The minimum absolute atomic E-state index is 0.0319. The van der Waals surface area contributed by atoms with Crippen molar-refractivity contribution >= 4 is 45.6 Å². The highest BCUT2D eigenvalue weighted by molar-refractivity contribution is 6.40. The Kier molecular flexibility index (Phi) is 3.02. The maximum atomic E-state index is 12.3. The third-order valence-electron chi connectivity index (χ3n) is 3.47. The number of carbonyl (C=O) groups excluding carboxylic acids is 2. The molecule has 0 aromatic heterocycles. The van der Waals surface area contributed by atoms with Crippen LogP contribution in [0.4, 0.5) is 28.4 Å². The van der Waals surface area contributed by atoms with Gasteiger partial charge in [0.05, 0.1) is 39.7 Å². The maximum absolute atomic E-state index is 12.3. The number of allylic oxidation sites excluding steroid dienone is 1. The zero-order valence-corrected chi connectivity index (χ0v) is 11.4. The fraction of sp³-hybridized carbons (Fsp3) is 0. The molecule has 10 nitrogen and oxygen atoms in total. The number of benzene rings is 1. The first kappa shape index (κ1) is 14.8. The Bertz CT molecular complexity index is 777. The van der Waals surface area contributed by atoms with Gasteiger partial charge in [-0.15, -0.1) is 0 Å². The molecule has 1 aromatic carbocycles. The molecule has 0 amide bonds. The summed E-state index contributed by atoms with van der Waals surface area (Å²) in [5.74, 6) is -1.60. The number of nitrogen functional groups attached to an aromatic ring is 5. The van der Waals surface area contributed by atoms with Gasteiger partial charge in [0.1, 0.15) is 11.4 Å². The molecule has 0 saturated carbocycles. The summed E-state index contributed by atoms with van der Waals surface area (Å²) in [6.45, 7) is 0. The van der Waals surface area contributed by atoms with Gasteiger partial charge in [0.15, 0.2) is 0 Å². The van der Waals surface area contributed by atoms with E-state index in [2.05, 4.69) is 0 Å². The Morgan fingerprint density at radius 3 is 1.27 bits per heavy atom. The van der Waals surface area contributed by atoms with E-state index < -0.39 is 28.7 Å². The number of anilines is 5. The van der Waals surface area contributed by atoms with Gasteiger partial charge in [0.25, 0.3) is 0 Å². The average molecular weight is 304 g/mol. The monoisotopic (exact) mass is 304 g/mol. The Hall–Kier alpha value is -3.56. The summed E-state index contributed by atoms with van der Waals surface area (Å²) in [7, 11) is 0. The highest BCUT2D eigenvalue weighted by atomic mass is 16.1. The van der Waals surface area contributed by atoms with Crippen LogP contribution < -0.4 is 45.9 Å². The van der Waals surface area contributed by atoms with Crippen LogP contribution in [0.25, 0.3) is 5.57 Å². The molecule has 0 spiro atoms. The highest BCUT2D eigenvalue weighted by Crippen LogP contribution is 2.43. The van der Waals surface area contributed by atoms with E-state index in [-0.39, 0.29) is 39.6 Å². The zero-order chi connectivity index (χ0) is 16.9. The van der Waals surface area contributed by atoms with E-state index in [0.29, 0.717) is 0 Å². The van der Waals surface area contributed by atoms with E-state index in [9.17, 15) is 9.59 Å². The number of Topliss-reactive ketones (excluding diaryl/α,β-unsaturated/α-hetero) is 2. The summed E-state index contributed by atoms with van der Waals surface area (Å²) in [5.41, 5.74) is 43.3. The lowest BCUT2D eigenvalue weighted by atomic mass is 9.87. The van der Waals surface area contributed by atoms with Gasteiger partial charge in [0.2, 0.25) is 11.6 Å². The molecule has 22 heavy (non-hydrogen) atoms. The van der Waals surface area contributed by atoms with Gasteiger partial charge >= 0.3 is 0 Å². The molecule has 16 N–H and O–H groups in total. The van der Waals surface area contributed by atoms with Crippen LogP contribution in [0.1, 0.15) is 5.56 Å². The molecule has 1 aliphatic carbocycles. The van der Waals surface area contributed by atoms with E-state index in [1.165, 1.54) is 0 Å². The van der Waals surface area contributed by atoms with Crippen molar-refractivity contribution in [3.05, 3.63) is 22.7 Å². The second-order valence-electron chi connectivity index (χ2n) is 4.72. The van der Waals surface area contributed by atoms with Crippen molar-refractivity contribution in [2.45, 2.75) is 0 Å². The molecule has 0 fully saturated rings. The van der Waals surface area contributed by atoms with Crippen molar-refractivity contribution in [1.82, 2.24) is 0 Å².